The van der Waals surface area contributed by atoms with Gasteiger partial charge in [-0.3, -0.25) is 4.79 Å². The molecule has 0 radical (unpaired) electrons. The summed E-state index contributed by atoms with van der Waals surface area (Å²) >= 11 is 0. The van der Waals surface area contributed by atoms with E-state index in [9.17, 15) is 18.0 Å². The van der Waals surface area contributed by atoms with Crippen LogP contribution >= 0.6 is 0 Å². The minimum atomic E-state index is -3.64. The molecule has 0 unspecified atom stereocenters. The van der Waals surface area contributed by atoms with Crippen LogP contribution in [-0.2, 0) is 14.8 Å². The second-order valence-corrected chi connectivity index (χ2v) is 9.15. The van der Waals surface area contributed by atoms with Crippen LogP contribution in [0, 0.1) is 0 Å². The molecule has 1 aliphatic heterocycles. The van der Waals surface area contributed by atoms with Crippen molar-refractivity contribution in [3.05, 3.63) is 48.5 Å². The molecule has 0 atom stereocenters. The molecular formula is C21H26N4O5S. The number of hydrogen-bond donors (Lipinski definition) is 3. The summed E-state index contributed by atoms with van der Waals surface area (Å²) in [5.41, 5.74) is 1.15. The molecule has 0 bridgehead atoms. The summed E-state index contributed by atoms with van der Waals surface area (Å²) in [6.45, 7) is 2.00. The van der Waals surface area contributed by atoms with Crippen molar-refractivity contribution in [3.63, 3.8) is 0 Å². The number of nitrogens with one attached hydrogen (secondary N) is 3. The first-order chi connectivity index (χ1) is 14.8. The van der Waals surface area contributed by atoms with Crippen molar-refractivity contribution in [1.82, 2.24) is 9.62 Å². The van der Waals surface area contributed by atoms with Crippen molar-refractivity contribution in [2.75, 3.05) is 30.8 Å². The zero-order chi connectivity index (χ0) is 22.4. The number of rotatable bonds is 6. The molecule has 3 N–H and O–H groups in total. The summed E-state index contributed by atoms with van der Waals surface area (Å²) in [7, 11) is -2.08. The van der Waals surface area contributed by atoms with Crippen molar-refractivity contribution in [2.45, 2.75) is 30.7 Å². The number of piperidine rings is 1. The number of anilines is 2. The molecule has 3 rings (SSSR count). The molecule has 2 aromatic carbocycles. The molecule has 1 aliphatic rings. The number of amides is 3. The van der Waals surface area contributed by atoms with Crippen LogP contribution in [0.3, 0.4) is 0 Å². The average molecular weight is 447 g/mol. The molecule has 0 saturated carbocycles. The SMILES string of the molecule is COc1cccc(NC(=O)NC2CCN(S(=O)(=O)c3ccc(NC(C)=O)cc3)CC2)c1. The largest absolute Gasteiger partial charge is 0.497 e. The lowest BCUT2D eigenvalue weighted by atomic mass is 10.1. The summed E-state index contributed by atoms with van der Waals surface area (Å²) in [4.78, 5) is 23.5. The number of urea groups is 1. The summed E-state index contributed by atoms with van der Waals surface area (Å²) in [6.07, 6.45) is 1.02. The van der Waals surface area contributed by atoms with Crippen LogP contribution < -0.4 is 20.7 Å². The molecular weight excluding hydrogens is 420 g/mol. The van der Waals surface area contributed by atoms with Crippen LogP contribution in [0.4, 0.5) is 16.2 Å². The van der Waals surface area contributed by atoms with Crippen LogP contribution in [0.15, 0.2) is 53.4 Å². The summed E-state index contributed by atoms with van der Waals surface area (Å²) in [6, 6.07) is 12.6. The standard InChI is InChI=1S/C21H26N4O5S/c1-15(26)22-16-6-8-20(9-7-16)31(28,29)25-12-10-17(11-13-25)23-21(27)24-18-4-3-5-19(14-18)30-2/h3-9,14,17H,10-13H2,1-2H3,(H,22,26)(H2,23,24,27). The minimum absolute atomic E-state index is 0.126. The van der Waals surface area contributed by atoms with Gasteiger partial charge in [0.1, 0.15) is 5.75 Å². The fourth-order valence-electron chi connectivity index (χ4n) is 3.36. The van der Waals surface area contributed by atoms with Gasteiger partial charge in [0.2, 0.25) is 15.9 Å². The van der Waals surface area contributed by atoms with E-state index in [2.05, 4.69) is 16.0 Å². The van der Waals surface area contributed by atoms with E-state index in [-0.39, 0.29) is 22.9 Å². The molecule has 31 heavy (non-hydrogen) atoms. The second kappa shape index (κ2) is 9.80. The first-order valence-electron chi connectivity index (χ1n) is 9.87. The molecule has 0 spiro atoms. The van der Waals surface area contributed by atoms with Gasteiger partial charge >= 0.3 is 6.03 Å². The highest BCUT2D eigenvalue weighted by molar-refractivity contribution is 7.89. The van der Waals surface area contributed by atoms with Crippen molar-refractivity contribution in [2.24, 2.45) is 0 Å². The Kier molecular flexibility index (Phi) is 7.13. The Morgan fingerprint density at radius 3 is 2.29 bits per heavy atom. The van der Waals surface area contributed by atoms with Gasteiger partial charge in [-0.1, -0.05) is 6.07 Å². The van der Waals surface area contributed by atoms with E-state index < -0.39 is 10.0 Å². The van der Waals surface area contributed by atoms with Crippen LogP contribution in [0.25, 0.3) is 0 Å². The Balaban J connectivity index is 1.53. The van der Waals surface area contributed by atoms with E-state index >= 15 is 0 Å². The van der Waals surface area contributed by atoms with Crippen LogP contribution in [0.2, 0.25) is 0 Å². The Hall–Kier alpha value is -3.11. The topological polar surface area (TPSA) is 117 Å². The number of hydrogen-bond acceptors (Lipinski definition) is 5. The van der Waals surface area contributed by atoms with E-state index in [0.29, 0.717) is 43.1 Å². The highest BCUT2D eigenvalue weighted by atomic mass is 32.2. The third-order valence-electron chi connectivity index (χ3n) is 4.93. The van der Waals surface area contributed by atoms with Crippen LogP contribution in [0.5, 0.6) is 5.75 Å². The fraction of sp³-hybridized carbons (Fsp3) is 0.333. The zero-order valence-corrected chi connectivity index (χ0v) is 18.2. The fourth-order valence-corrected chi connectivity index (χ4v) is 4.83. The van der Waals surface area contributed by atoms with E-state index in [1.165, 1.54) is 23.4 Å². The van der Waals surface area contributed by atoms with Gasteiger partial charge in [0.05, 0.1) is 12.0 Å². The number of methoxy groups -OCH3 is 1. The Morgan fingerprint density at radius 1 is 1.00 bits per heavy atom. The Morgan fingerprint density at radius 2 is 1.68 bits per heavy atom. The molecule has 2 aromatic rings. The van der Waals surface area contributed by atoms with Crippen molar-refractivity contribution in [3.8, 4) is 5.75 Å². The third kappa shape index (κ3) is 5.96. The maximum Gasteiger partial charge on any atom is 0.319 e. The number of carbonyl (C=O) groups excluding carboxylic acids is 2. The van der Waals surface area contributed by atoms with E-state index in [1.54, 1.807) is 43.5 Å². The third-order valence-corrected chi connectivity index (χ3v) is 6.84. The molecule has 1 fully saturated rings. The summed E-state index contributed by atoms with van der Waals surface area (Å²) in [5, 5.41) is 8.26. The highest BCUT2D eigenvalue weighted by Crippen LogP contribution is 2.22. The van der Waals surface area contributed by atoms with Crippen molar-refractivity contribution in [1.29, 1.82) is 0 Å². The zero-order valence-electron chi connectivity index (χ0n) is 17.4. The molecule has 166 valence electrons. The monoisotopic (exact) mass is 446 g/mol. The highest BCUT2D eigenvalue weighted by Gasteiger charge is 2.30. The minimum Gasteiger partial charge on any atom is -0.497 e. The van der Waals surface area contributed by atoms with Gasteiger partial charge in [-0.25, -0.2) is 13.2 Å². The molecule has 3 amide bonds. The smallest absolute Gasteiger partial charge is 0.319 e. The van der Waals surface area contributed by atoms with Gasteiger partial charge in [-0.2, -0.15) is 4.31 Å². The summed E-state index contributed by atoms with van der Waals surface area (Å²) in [5.74, 6) is 0.419. The first kappa shape index (κ1) is 22.6. The quantitative estimate of drug-likeness (QED) is 0.631. The lowest BCUT2D eigenvalue weighted by molar-refractivity contribution is -0.114. The normalized spacial score (nSPS) is 15.2. The predicted molar refractivity (Wildman–Crippen MR) is 118 cm³/mol. The molecule has 1 heterocycles. The van der Waals surface area contributed by atoms with Crippen LogP contribution in [0.1, 0.15) is 19.8 Å². The second-order valence-electron chi connectivity index (χ2n) is 7.21. The van der Waals surface area contributed by atoms with Crippen molar-refractivity contribution >= 4 is 33.3 Å². The van der Waals surface area contributed by atoms with Gasteiger partial charge in [0, 0.05) is 43.5 Å². The van der Waals surface area contributed by atoms with Gasteiger partial charge in [0.25, 0.3) is 0 Å². The first-order valence-corrected chi connectivity index (χ1v) is 11.3. The lowest BCUT2D eigenvalue weighted by Crippen LogP contribution is -2.47. The number of ether oxygens (including phenoxy) is 1. The molecule has 9 nitrogen and oxygen atoms in total. The predicted octanol–water partition coefficient (Wildman–Crippen LogP) is 2.63. The van der Waals surface area contributed by atoms with Crippen LogP contribution in [-0.4, -0.2) is 50.9 Å². The van der Waals surface area contributed by atoms with Crippen molar-refractivity contribution < 1.29 is 22.7 Å². The molecule has 0 aromatic heterocycles. The maximum absolute atomic E-state index is 12.9. The maximum atomic E-state index is 12.9. The van der Waals surface area contributed by atoms with E-state index in [4.69, 9.17) is 4.74 Å². The summed E-state index contributed by atoms with van der Waals surface area (Å²) < 4.78 is 32.3. The Labute approximate surface area is 181 Å². The average Bonchev–Trinajstić information content (AvgIpc) is 2.74. The van der Waals surface area contributed by atoms with Gasteiger partial charge in [-0.05, 0) is 49.2 Å². The van der Waals surface area contributed by atoms with Gasteiger partial charge in [0.15, 0.2) is 0 Å². The number of sulfonamides is 1. The molecule has 1 saturated heterocycles. The van der Waals surface area contributed by atoms with E-state index in [0.717, 1.165) is 0 Å². The number of benzene rings is 2. The lowest BCUT2D eigenvalue weighted by Gasteiger charge is -2.31. The Bertz CT molecular complexity index is 1030. The van der Waals surface area contributed by atoms with Gasteiger partial charge < -0.3 is 20.7 Å². The van der Waals surface area contributed by atoms with Gasteiger partial charge in [-0.15, -0.1) is 0 Å². The number of nitrogens with zero attached hydrogens (tertiary/aromatic N) is 1. The molecule has 0 aliphatic carbocycles. The van der Waals surface area contributed by atoms with E-state index in [1.807, 2.05) is 0 Å². The number of carbonyl (C=O) groups is 2. The molecule has 10 heteroatoms.